The third-order valence-corrected chi connectivity index (χ3v) is 5.53. The highest BCUT2D eigenvalue weighted by molar-refractivity contribution is 6.66. The van der Waals surface area contributed by atoms with Crippen molar-refractivity contribution < 1.29 is 23.6 Å². The molecule has 0 aliphatic carbocycles. The van der Waals surface area contributed by atoms with E-state index in [0.717, 1.165) is 22.1 Å². The SMILES string of the molecule is COc1ccc2c(c1)c(B1OC(C)(C)C(C)(C)O1)c(C)n2C(=O)OC(C)(C)C. The van der Waals surface area contributed by atoms with E-state index in [4.69, 9.17) is 18.8 Å². The number of aromatic nitrogens is 1. The van der Waals surface area contributed by atoms with Gasteiger partial charge in [-0.05, 0) is 73.6 Å². The lowest BCUT2D eigenvalue weighted by Gasteiger charge is -2.32. The van der Waals surface area contributed by atoms with Crippen molar-refractivity contribution in [1.82, 2.24) is 4.57 Å². The van der Waals surface area contributed by atoms with Crippen LogP contribution < -0.4 is 10.2 Å². The number of nitrogens with zero attached hydrogens (tertiary/aromatic N) is 1. The van der Waals surface area contributed by atoms with Crippen molar-refractivity contribution in [3.05, 3.63) is 23.9 Å². The molecule has 0 N–H and O–H groups in total. The summed E-state index contributed by atoms with van der Waals surface area (Å²) in [5.41, 5.74) is 0.718. The van der Waals surface area contributed by atoms with Gasteiger partial charge in [-0.2, -0.15) is 0 Å². The molecule has 28 heavy (non-hydrogen) atoms. The van der Waals surface area contributed by atoms with Crippen LogP contribution in [-0.2, 0) is 14.0 Å². The number of hydrogen-bond acceptors (Lipinski definition) is 5. The third-order valence-electron chi connectivity index (χ3n) is 5.53. The number of methoxy groups -OCH3 is 1. The van der Waals surface area contributed by atoms with E-state index in [1.54, 1.807) is 11.7 Å². The van der Waals surface area contributed by atoms with Crippen molar-refractivity contribution in [2.24, 2.45) is 0 Å². The van der Waals surface area contributed by atoms with Crippen LogP contribution >= 0.6 is 0 Å². The first-order valence-corrected chi connectivity index (χ1v) is 9.55. The Labute approximate surface area is 167 Å². The fourth-order valence-electron chi connectivity index (χ4n) is 3.35. The number of carbonyl (C=O) groups is 1. The zero-order valence-corrected chi connectivity index (χ0v) is 18.3. The quantitative estimate of drug-likeness (QED) is 0.728. The topological polar surface area (TPSA) is 58.9 Å². The normalized spacial score (nSPS) is 18.5. The van der Waals surface area contributed by atoms with Gasteiger partial charge in [-0.15, -0.1) is 0 Å². The van der Waals surface area contributed by atoms with Crippen molar-refractivity contribution in [2.75, 3.05) is 7.11 Å². The van der Waals surface area contributed by atoms with E-state index in [2.05, 4.69) is 0 Å². The van der Waals surface area contributed by atoms with Gasteiger partial charge in [0.1, 0.15) is 11.4 Å². The molecule has 1 fully saturated rings. The van der Waals surface area contributed by atoms with Crippen LogP contribution in [0.1, 0.15) is 54.2 Å². The molecular weight excluding hydrogens is 357 g/mol. The molecule has 3 rings (SSSR count). The summed E-state index contributed by atoms with van der Waals surface area (Å²) in [6.07, 6.45) is -0.428. The van der Waals surface area contributed by atoms with Gasteiger partial charge in [-0.25, -0.2) is 4.79 Å². The van der Waals surface area contributed by atoms with E-state index >= 15 is 0 Å². The first kappa shape index (κ1) is 20.7. The molecule has 0 amide bonds. The van der Waals surface area contributed by atoms with Gasteiger partial charge in [-0.1, -0.05) is 0 Å². The monoisotopic (exact) mass is 387 g/mol. The summed E-state index contributed by atoms with van der Waals surface area (Å²) in [7, 11) is 1.02. The predicted molar refractivity (Wildman–Crippen MR) is 111 cm³/mol. The van der Waals surface area contributed by atoms with E-state index in [9.17, 15) is 4.79 Å². The van der Waals surface area contributed by atoms with Crippen molar-refractivity contribution in [1.29, 1.82) is 0 Å². The van der Waals surface area contributed by atoms with Gasteiger partial charge in [-0.3, -0.25) is 4.57 Å². The Morgan fingerprint density at radius 2 is 1.68 bits per heavy atom. The first-order valence-electron chi connectivity index (χ1n) is 9.55. The number of ether oxygens (including phenoxy) is 2. The van der Waals surface area contributed by atoms with Crippen LogP contribution in [0.5, 0.6) is 5.75 Å². The smallest absolute Gasteiger partial charge is 0.497 e. The number of carbonyl (C=O) groups excluding carboxylic acids is 1. The van der Waals surface area contributed by atoms with Gasteiger partial charge >= 0.3 is 13.2 Å². The lowest BCUT2D eigenvalue weighted by atomic mass is 9.77. The Morgan fingerprint density at radius 3 is 2.18 bits per heavy atom. The minimum absolute atomic E-state index is 0.428. The van der Waals surface area contributed by atoms with Crippen molar-refractivity contribution in [2.45, 2.75) is 72.2 Å². The highest BCUT2D eigenvalue weighted by Gasteiger charge is 2.53. The zero-order valence-electron chi connectivity index (χ0n) is 18.3. The van der Waals surface area contributed by atoms with Crippen LogP contribution in [0.4, 0.5) is 4.79 Å². The molecule has 1 aromatic heterocycles. The van der Waals surface area contributed by atoms with Crippen LogP contribution in [0.15, 0.2) is 18.2 Å². The molecular formula is C21H30BNO5. The van der Waals surface area contributed by atoms with Gasteiger partial charge in [0.05, 0.1) is 23.8 Å². The van der Waals surface area contributed by atoms with Crippen LogP contribution in [0, 0.1) is 6.92 Å². The van der Waals surface area contributed by atoms with Gasteiger partial charge in [0.25, 0.3) is 0 Å². The molecule has 0 unspecified atom stereocenters. The molecule has 0 spiro atoms. The number of fused-ring (bicyclic) bond motifs is 1. The van der Waals surface area contributed by atoms with Crippen LogP contribution in [0.2, 0.25) is 0 Å². The number of rotatable bonds is 2. The fourth-order valence-corrected chi connectivity index (χ4v) is 3.35. The summed E-state index contributed by atoms with van der Waals surface area (Å²) >= 11 is 0. The molecule has 2 aromatic rings. The average Bonchev–Trinajstić information content (AvgIpc) is 2.93. The molecule has 7 heteroatoms. The second kappa shape index (κ2) is 6.53. The molecule has 1 aliphatic rings. The minimum atomic E-state index is -0.600. The molecule has 0 saturated carbocycles. The Morgan fingerprint density at radius 1 is 1.11 bits per heavy atom. The maximum absolute atomic E-state index is 13.0. The molecule has 152 valence electrons. The lowest BCUT2D eigenvalue weighted by molar-refractivity contribution is 0.00578. The summed E-state index contributed by atoms with van der Waals surface area (Å²) in [6, 6.07) is 5.60. The first-order chi connectivity index (χ1) is 12.8. The third kappa shape index (κ3) is 3.42. The summed E-state index contributed by atoms with van der Waals surface area (Å²) in [6.45, 7) is 15.5. The van der Waals surface area contributed by atoms with Gasteiger partial charge < -0.3 is 18.8 Å². The molecule has 6 nitrogen and oxygen atoms in total. The van der Waals surface area contributed by atoms with Gasteiger partial charge in [0, 0.05) is 16.5 Å². The van der Waals surface area contributed by atoms with Crippen LogP contribution in [0.25, 0.3) is 10.9 Å². The van der Waals surface area contributed by atoms with Gasteiger partial charge in [0.15, 0.2) is 0 Å². The van der Waals surface area contributed by atoms with E-state index in [-0.39, 0.29) is 0 Å². The molecule has 0 radical (unpaired) electrons. The number of hydrogen-bond donors (Lipinski definition) is 0. The molecule has 1 aliphatic heterocycles. The Balaban J connectivity index is 2.20. The molecule has 1 saturated heterocycles. The predicted octanol–water partition coefficient (Wildman–Crippen LogP) is 4.04. The van der Waals surface area contributed by atoms with E-state index in [0.29, 0.717) is 5.75 Å². The standard InChI is InChI=1S/C21H30BNO5/c1-13-17(22-27-20(5,6)21(7,8)28-22)15-12-14(25-9)10-11-16(15)23(13)18(24)26-19(2,3)4/h10-12H,1-9H3. The summed E-state index contributed by atoms with van der Waals surface area (Å²) in [4.78, 5) is 13.0. The Hall–Kier alpha value is -1.99. The highest BCUT2D eigenvalue weighted by Crippen LogP contribution is 2.38. The maximum atomic E-state index is 13.0. The number of benzene rings is 1. The van der Waals surface area contributed by atoms with Crippen molar-refractivity contribution in [3.8, 4) is 5.75 Å². The zero-order chi connectivity index (χ0) is 21.1. The summed E-state index contributed by atoms with van der Waals surface area (Å²) in [5, 5.41) is 0.848. The summed E-state index contributed by atoms with van der Waals surface area (Å²) < 4.78 is 25.2. The lowest BCUT2D eigenvalue weighted by Crippen LogP contribution is -2.41. The van der Waals surface area contributed by atoms with E-state index in [1.165, 1.54) is 0 Å². The van der Waals surface area contributed by atoms with Crippen molar-refractivity contribution >= 4 is 29.6 Å². The maximum Gasteiger partial charge on any atom is 0.497 e. The minimum Gasteiger partial charge on any atom is -0.497 e. The molecule has 0 atom stereocenters. The second-order valence-corrected chi connectivity index (χ2v) is 9.29. The van der Waals surface area contributed by atoms with Crippen LogP contribution in [-0.4, -0.2) is 41.7 Å². The highest BCUT2D eigenvalue weighted by atomic mass is 16.7. The average molecular weight is 387 g/mol. The largest absolute Gasteiger partial charge is 0.497 e. The molecule has 1 aromatic carbocycles. The Bertz CT molecular complexity index is 907. The van der Waals surface area contributed by atoms with Gasteiger partial charge in [0.2, 0.25) is 0 Å². The fraction of sp³-hybridized carbons (Fsp3) is 0.571. The van der Waals surface area contributed by atoms with Crippen molar-refractivity contribution in [3.63, 3.8) is 0 Å². The van der Waals surface area contributed by atoms with Crippen LogP contribution in [0.3, 0.4) is 0 Å². The van der Waals surface area contributed by atoms with E-state index in [1.807, 2.05) is 73.6 Å². The van der Waals surface area contributed by atoms with E-state index < -0.39 is 30.0 Å². The molecule has 0 bridgehead atoms. The summed E-state index contributed by atoms with van der Waals surface area (Å²) in [5.74, 6) is 0.701. The Kier molecular flexibility index (Phi) is 4.83. The second-order valence-electron chi connectivity index (χ2n) is 9.29. The molecule has 2 heterocycles.